The molecule has 0 radical (unpaired) electrons. The Morgan fingerprint density at radius 2 is 2.33 bits per heavy atom. The molecule has 0 saturated carbocycles. The van der Waals surface area contributed by atoms with Crippen LogP contribution in [-0.2, 0) is 4.74 Å². The summed E-state index contributed by atoms with van der Waals surface area (Å²) in [5, 5.41) is 3.66. The Balaban J connectivity index is 1.61. The van der Waals surface area contributed by atoms with E-state index in [0.29, 0.717) is 6.04 Å². The Bertz CT molecular complexity index is 391. The van der Waals surface area contributed by atoms with E-state index in [-0.39, 0.29) is 0 Å². The molecule has 2 heterocycles. The number of fused-ring (bicyclic) bond motifs is 1. The number of rotatable bonds is 3. The summed E-state index contributed by atoms with van der Waals surface area (Å²) in [6.45, 7) is 7.89. The third kappa shape index (κ3) is 2.33. The molecule has 0 aromatic heterocycles. The molecule has 0 amide bonds. The van der Waals surface area contributed by atoms with Crippen molar-refractivity contribution in [1.82, 2.24) is 5.32 Å². The van der Waals surface area contributed by atoms with Crippen LogP contribution in [0.4, 0.5) is 0 Å². The minimum absolute atomic E-state index is 0.617. The first-order valence-electron chi connectivity index (χ1n) is 6.84. The van der Waals surface area contributed by atoms with E-state index < -0.39 is 0 Å². The Kier molecular flexibility index (Phi) is 3.43. The van der Waals surface area contributed by atoms with E-state index in [0.717, 1.165) is 45.6 Å². The van der Waals surface area contributed by atoms with Crippen LogP contribution >= 0.6 is 0 Å². The van der Waals surface area contributed by atoms with Gasteiger partial charge in [-0.1, -0.05) is 0 Å². The number of hydrogen-bond acceptors (Lipinski definition) is 2. The van der Waals surface area contributed by atoms with Gasteiger partial charge in [0.25, 0.3) is 0 Å². The summed E-state index contributed by atoms with van der Waals surface area (Å²) in [5.74, 6) is 0. The normalized spacial score (nSPS) is 24.4. The highest BCUT2D eigenvalue weighted by atomic mass is 16.5. The standard InChI is InChI=1S/C15H21N2O/c1-17-8-5-14-12(3-2-4-15(14)17)11-16-13-6-9-18-10-7-13/h2-4,13,16H,1,5-11H2/q-1. The van der Waals surface area contributed by atoms with Crippen molar-refractivity contribution in [3.05, 3.63) is 35.8 Å². The lowest BCUT2D eigenvalue weighted by Crippen LogP contribution is -2.36. The van der Waals surface area contributed by atoms with E-state index in [9.17, 15) is 0 Å². The predicted molar refractivity (Wildman–Crippen MR) is 72.4 cm³/mol. The summed E-state index contributed by atoms with van der Waals surface area (Å²) in [6, 6.07) is 1.92. The molecule has 1 N–H and O–H groups in total. The molecule has 1 aliphatic carbocycles. The highest BCUT2D eigenvalue weighted by molar-refractivity contribution is 5.47. The minimum atomic E-state index is 0.617. The first kappa shape index (κ1) is 11.9. The van der Waals surface area contributed by atoms with E-state index in [2.05, 4.69) is 35.2 Å². The van der Waals surface area contributed by atoms with Gasteiger partial charge in [0.15, 0.2) is 0 Å². The van der Waals surface area contributed by atoms with Crippen LogP contribution in [-0.4, -0.2) is 43.6 Å². The van der Waals surface area contributed by atoms with Crippen molar-refractivity contribution in [2.24, 2.45) is 0 Å². The lowest BCUT2D eigenvalue weighted by Gasteiger charge is -2.32. The zero-order chi connectivity index (χ0) is 12.4. The van der Waals surface area contributed by atoms with Gasteiger partial charge < -0.3 is 14.6 Å². The Labute approximate surface area is 109 Å². The Morgan fingerprint density at radius 1 is 1.50 bits per heavy atom. The molecule has 0 aromatic carbocycles. The Hall–Kier alpha value is -1.19. The smallest absolute Gasteiger partial charge is 0.121 e. The molecule has 0 spiro atoms. The SMILES string of the molecule is C=[N+]1CCC2=C(CNC3CCOCC3)[CH-]C=C[C-]21. The molecular formula is C15H21N2O-. The second kappa shape index (κ2) is 5.21. The maximum Gasteiger partial charge on any atom is 0.121 e. The van der Waals surface area contributed by atoms with Gasteiger partial charge in [-0.15, -0.1) is 0 Å². The first-order valence-corrected chi connectivity index (χ1v) is 6.84. The molecule has 98 valence electrons. The molecule has 18 heavy (non-hydrogen) atoms. The van der Waals surface area contributed by atoms with Gasteiger partial charge in [-0.05, 0) is 25.8 Å². The number of ether oxygens (including phenoxy) is 1. The van der Waals surface area contributed by atoms with Crippen LogP contribution in [0.25, 0.3) is 0 Å². The van der Waals surface area contributed by atoms with Gasteiger partial charge in [0.1, 0.15) is 6.54 Å². The predicted octanol–water partition coefficient (Wildman–Crippen LogP) is 1.47. The van der Waals surface area contributed by atoms with Crippen LogP contribution in [0.3, 0.4) is 0 Å². The highest BCUT2D eigenvalue weighted by Crippen LogP contribution is 2.34. The third-order valence-electron chi connectivity index (χ3n) is 4.02. The fourth-order valence-electron chi connectivity index (χ4n) is 2.89. The van der Waals surface area contributed by atoms with Crippen molar-refractivity contribution in [1.29, 1.82) is 0 Å². The van der Waals surface area contributed by atoms with E-state index in [4.69, 9.17) is 4.74 Å². The van der Waals surface area contributed by atoms with Crippen LogP contribution in [0, 0.1) is 12.5 Å². The molecule has 0 bridgehead atoms. The monoisotopic (exact) mass is 245 g/mol. The number of allylic oxidation sites excluding steroid dienone is 1. The molecular weight excluding hydrogens is 224 g/mol. The first-order chi connectivity index (χ1) is 8.84. The van der Waals surface area contributed by atoms with Gasteiger partial charge in [-0.25, -0.2) is 18.1 Å². The van der Waals surface area contributed by atoms with Crippen molar-refractivity contribution >= 4 is 6.72 Å². The molecule has 3 heteroatoms. The van der Waals surface area contributed by atoms with E-state index in [1.807, 2.05) is 0 Å². The number of nitrogens with zero attached hydrogens (tertiary/aromatic N) is 1. The number of nitrogens with one attached hydrogen (secondary N) is 1. The van der Waals surface area contributed by atoms with Crippen molar-refractivity contribution in [3.8, 4) is 0 Å². The summed E-state index contributed by atoms with van der Waals surface area (Å²) in [6.07, 6.45) is 9.96. The fraction of sp³-hybridized carbons (Fsp3) is 0.533. The van der Waals surface area contributed by atoms with Gasteiger partial charge >= 0.3 is 0 Å². The summed E-state index contributed by atoms with van der Waals surface area (Å²) in [5.41, 5.74) is 2.91. The second-order valence-electron chi connectivity index (χ2n) is 5.20. The summed E-state index contributed by atoms with van der Waals surface area (Å²) in [4.78, 5) is 0. The summed E-state index contributed by atoms with van der Waals surface area (Å²) >= 11 is 0. The summed E-state index contributed by atoms with van der Waals surface area (Å²) in [7, 11) is 0. The topological polar surface area (TPSA) is 24.3 Å². The molecule has 2 saturated heterocycles. The average molecular weight is 245 g/mol. The quantitative estimate of drug-likeness (QED) is 0.601. The average Bonchev–Trinajstić information content (AvgIpc) is 2.80. The molecule has 2 aliphatic heterocycles. The molecule has 0 aromatic rings. The molecule has 2 fully saturated rings. The number of hydrogen-bond donors (Lipinski definition) is 1. The maximum absolute atomic E-state index is 5.38. The lowest BCUT2D eigenvalue weighted by atomic mass is 9.93. The fourth-order valence-corrected chi connectivity index (χ4v) is 2.89. The van der Waals surface area contributed by atoms with Gasteiger partial charge in [0, 0.05) is 25.3 Å². The second-order valence-corrected chi connectivity index (χ2v) is 5.20. The van der Waals surface area contributed by atoms with Gasteiger partial charge in [-0.3, -0.25) is 0 Å². The van der Waals surface area contributed by atoms with Gasteiger partial charge in [0.2, 0.25) is 0 Å². The summed E-state index contributed by atoms with van der Waals surface area (Å²) < 4.78 is 7.49. The van der Waals surface area contributed by atoms with E-state index in [1.165, 1.54) is 17.2 Å². The van der Waals surface area contributed by atoms with Crippen LogP contribution < -0.4 is 5.32 Å². The van der Waals surface area contributed by atoms with Crippen LogP contribution in [0.5, 0.6) is 0 Å². The Morgan fingerprint density at radius 3 is 3.17 bits per heavy atom. The van der Waals surface area contributed by atoms with Crippen LogP contribution in [0.2, 0.25) is 0 Å². The minimum Gasteiger partial charge on any atom is -0.381 e. The molecule has 0 atom stereocenters. The van der Waals surface area contributed by atoms with Crippen LogP contribution in [0.15, 0.2) is 23.3 Å². The van der Waals surface area contributed by atoms with E-state index >= 15 is 0 Å². The highest BCUT2D eigenvalue weighted by Gasteiger charge is 2.20. The zero-order valence-corrected chi connectivity index (χ0v) is 10.8. The zero-order valence-electron chi connectivity index (χ0n) is 10.8. The molecule has 3 aliphatic rings. The molecule has 3 rings (SSSR count). The largest absolute Gasteiger partial charge is 0.381 e. The van der Waals surface area contributed by atoms with Gasteiger partial charge in [0.05, 0.1) is 6.72 Å². The van der Waals surface area contributed by atoms with E-state index in [1.54, 1.807) is 0 Å². The van der Waals surface area contributed by atoms with Crippen LogP contribution in [0.1, 0.15) is 19.3 Å². The van der Waals surface area contributed by atoms with Crippen molar-refractivity contribution in [2.75, 3.05) is 26.3 Å². The third-order valence-corrected chi connectivity index (χ3v) is 4.02. The molecule has 0 unspecified atom stereocenters. The van der Waals surface area contributed by atoms with Crippen molar-refractivity contribution in [2.45, 2.75) is 25.3 Å². The van der Waals surface area contributed by atoms with Gasteiger partial charge in [-0.2, -0.15) is 11.6 Å². The maximum atomic E-state index is 5.38. The van der Waals surface area contributed by atoms with Crippen molar-refractivity contribution < 1.29 is 9.31 Å². The molecule has 3 nitrogen and oxygen atoms in total. The van der Waals surface area contributed by atoms with Crippen molar-refractivity contribution in [3.63, 3.8) is 0 Å². The lowest BCUT2D eigenvalue weighted by molar-refractivity contribution is -0.475.